The van der Waals surface area contributed by atoms with Crippen LogP contribution in [0.1, 0.15) is 18.1 Å². The Morgan fingerprint density at radius 2 is 1.95 bits per heavy atom. The van der Waals surface area contributed by atoms with Crippen LogP contribution < -0.4 is 10.1 Å². The van der Waals surface area contributed by atoms with Crippen LogP contribution in [0.2, 0.25) is 0 Å². The summed E-state index contributed by atoms with van der Waals surface area (Å²) in [5.74, 6) is 0.522. The number of aryl methyl sites for hydroxylation is 1. The van der Waals surface area contributed by atoms with E-state index in [1.807, 2.05) is 25.1 Å². The van der Waals surface area contributed by atoms with E-state index >= 15 is 0 Å². The average Bonchev–Trinajstić information content (AvgIpc) is 2.43. The van der Waals surface area contributed by atoms with Crippen molar-refractivity contribution < 1.29 is 9.13 Å². The fraction of sp³-hybridized carbons (Fsp3) is 0.250. The van der Waals surface area contributed by atoms with E-state index in [4.69, 9.17) is 4.74 Å². The molecular weight excluding hydrogens is 321 g/mol. The van der Waals surface area contributed by atoms with Gasteiger partial charge in [-0.15, -0.1) is 0 Å². The van der Waals surface area contributed by atoms with Crippen molar-refractivity contribution in [1.82, 2.24) is 5.32 Å². The molecule has 0 bridgehead atoms. The van der Waals surface area contributed by atoms with Crippen LogP contribution in [0.4, 0.5) is 4.39 Å². The number of nitrogens with one attached hydrogen (secondary N) is 1. The van der Waals surface area contributed by atoms with Gasteiger partial charge in [-0.2, -0.15) is 0 Å². The highest BCUT2D eigenvalue weighted by Gasteiger charge is 2.08. The second kappa shape index (κ2) is 6.86. The van der Waals surface area contributed by atoms with Crippen molar-refractivity contribution in [2.75, 3.05) is 6.54 Å². The van der Waals surface area contributed by atoms with E-state index < -0.39 is 0 Å². The lowest BCUT2D eigenvalue weighted by Crippen LogP contribution is -2.11. The first kappa shape index (κ1) is 15.0. The lowest BCUT2D eigenvalue weighted by molar-refractivity contribution is 0.439. The van der Waals surface area contributed by atoms with Gasteiger partial charge >= 0.3 is 0 Å². The van der Waals surface area contributed by atoms with Gasteiger partial charge in [-0.3, -0.25) is 0 Å². The summed E-state index contributed by atoms with van der Waals surface area (Å²) in [6.45, 7) is 5.78. The van der Waals surface area contributed by atoms with Crippen molar-refractivity contribution in [3.8, 4) is 11.5 Å². The molecule has 2 nitrogen and oxygen atoms in total. The summed E-state index contributed by atoms with van der Waals surface area (Å²) in [5, 5.41) is 3.27. The monoisotopic (exact) mass is 337 g/mol. The van der Waals surface area contributed by atoms with Gasteiger partial charge in [0.15, 0.2) is 11.6 Å². The van der Waals surface area contributed by atoms with Crippen LogP contribution >= 0.6 is 15.9 Å². The molecular formula is C16H17BrFNO. The molecule has 1 N–H and O–H groups in total. The highest BCUT2D eigenvalue weighted by atomic mass is 79.9. The number of ether oxygens (including phenoxy) is 1. The summed E-state index contributed by atoms with van der Waals surface area (Å²) in [5.41, 5.74) is 2.17. The predicted molar refractivity (Wildman–Crippen MR) is 82.7 cm³/mol. The zero-order valence-electron chi connectivity index (χ0n) is 11.5. The molecule has 0 aliphatic carbocycles. The normalized spacial score (nSPS) is 10.6. The highest BCUT2D eigenvalue weighted by molar-refractivity contribution is 9.10. The molecule has 0 saturated heterocycles. The molecule has 0 fully saturated rings. The topological polar surface area (TPSA) is 21.3 Å². The molecule has 0 radical (unpaired) electrons. The molecule has 2 aromatic rings. The third kappa shape index (κ3) is 3.81. The molecule has 0 saturated carbocycles. The molecule has 0 spiro atoms. The van der Waals surface area contributed by atoms with Crippen LogP contribution in [-0.4, -0.2) is 6.54 Å². The lowest BCUT2D eigenvalue weighted by Gasteiger charge is -2.11. The van der Waals surface area contributed by atoms with E-state index in [9.17, 15) is 4.39 Å². The van der Waals surface area contributed by atoms with Crippen LogP contribution in [0.25, 0.3) is 0 Å². The molecule has 0 heterocycles. The SMILES string of the molecule is CCNCc1ccc(Oc2cc(Br)ccc2F)c(C)c1. The van der Waals surface area contributed by atoms with Gasteiger partial charge in [0, 0.05) is 11.0 Å². The smallest absolute Gasteiger partial charge is 0.165 e. The molecule has 0 aliphatic rings. The van der Waals surface area contributed by atoms with Gasteiger partial charge in [-0.1, -0.05) is 35.0 Å². The quantitative estimate of drug-likeness (QED) is 0.846. The average molecular weight is 338 g/mol. The van der Waals surface area contributed by atoms with Crippen LogP contribution in [0.5, 0.6) is 11.5 Å². The Morgan fingerprint density at radius 1 is 1.15 bits per heavy atom. The van der Waals surface area contributed by atoms with Gasteiger partial charge in [0.25, 0.3) is 0 Å². The number of rotatable bonds is 5. The molecule has 2 rings (SSSR count). The molecule has 0 amide bonds. The molecule has 0 atom stereocenters. The molecule has 20 heavy (non-hydrogen) atoms. The maximum absolute atomic E-state index is 13.7. The maximum atomic E-state index is 13.7. The maximum Gasteiger partial charge on any atom is 0.165 e. The summed E-state index contributed by atoms with van der Waals surface area (Å²) >= 11 is 3.31. The number of benzene rings is 2. The Bertz CT molecular complexity index is 601. The minimum Gasteiger partial charge on any atom is -0.454 e. The van der Waals surface area contributed by atoms with E-state index in [0.29, 0.717) is 5.75 Å². The summed E-state index contributed by atoms with van der Waals surface area (Å²) in [6, 6.07) is 10.6. The lowest BCUT2D eigenvalue weighted by atomic mass is 10.1. The summed E-state index contributed by atoms with van der Waals surface area (Å²) in [6.07, 6.45) is 0. The Hall–Kier alpha value is -1.39. The van der Waals surface area contributed by atoms with Gasteiger partial charge in [-0.25, -0.2) is 4.39 Å². The second-order valence-corrected chi connectivity index (χ2v) is 5.47. The van der Waals surface area contributed by atoms with E-state index in [1.54, 1.807) is 12.1 Å². The zero-order chi connectivity index (χ0) is 14.5. The van der Waals surface area contributed by atoms with Crippen molar-refractivity contribution in [2.24, 2.45) is 0 Å². The van der Waals surface area contributed by atoms with Crippen molar-refractivity contribution >= 4 is 15.9 Å². The first-order chi connectivity index (χ1) is 9.60. The minimum atomic E-state index is -0.371. The van der Waals surface area contributed by atoms with Gasteiger partial charge < -0.3 is 10.1 Å². The van der Waals surface area contributed by atoms with Gasteiger partial charge in [0.2, 0.25) is 0 Å². The van der Waals surface area contributed by atoms with Gasteiger partial charge in [0.05, 0.1) is 0 Å². The summed E-state index contributed by atoms with van der Waals surface area (Å²) in [7, 11) is 0. The van der Waals surface area contributed by atoms with E-state index in [1.165, 1.54) is 11.6 Å². The van der Waals surface area contributed by atoms with Crippen molar-refractivity contribution in [3.05, 3.63) is 57.8 Å². The largest absolute Gasteiger partial charge is 0.454 e. The fourth-order valence-corrected chi connectivity index (χ4v) is 2.22. The van der Waals surface area contributed by atoms with Crippen LogP contribution in [0.3, 0.4) is 0 Å². The Labute approximate surface area is 127 Å². The van der Waals surface area contributed by atoms with E-state index in [-0.39, 0.29) is 11.6 Å². The summed E-state index contributed by atoms with van der Waals surface area (Å²) < 4.78 is 20.1. The zero-order valence-corrected chi connectivity index (χ0v) is 13.1. The molecule has 0 unspecified atom stereocenters. The summed E-state index contributed by atoms with van der Waals surface area (Å²) in [4.78, 5) is 0. The third-order valence-electron chi connectivity index (χ3n) is 2.93. The van der Waals surface area contributed by atoms with Crippen LogP contribution in [0.15, 0.2) is 40.9 Å². The van der Waals surface area contributed by atoms with Crippen LogP contribution in [-0.2, 0) is 6.54 Å². The van der Waals surface area contributed by atoms with E-state index in [0.717, 1.165) is 23.1 Å². The standard InChI is InChI=1S/C16H17BrFNO/c1-3-19-10-12-4-7-15(11(2)8-12)20-16-9-13(17)5-6-14(16)18/h4-9,19H,3,10H2,1-2H3. The molecule has 106 valence electrons. The second-order valence-electron chi connectivity index (χ2n) is 4.56. The molecule has 0 aromatic heterocycles. The van der Waals surface area contributed by atoms with Crippen LogP contribution in [0, 0.1) is 12.7 Å². The van der Waals surface area contributed by atoms with Crippen molar-refractivity contribution in [3.63, 3.8) is 0 Å². The molecule has 0 aliphatic heterocycles. The van der Waals surface area contributed by atoms with Crippen molar-refractivity contribution in [1.29, 1.82) is 0 Å². The number of hydrogen-bond donors (Lipinski definition) is 1. The molecule has 2 aromatic carbocycles. The number of halogens is 2. The predicted octanol–water partition coefficient (Wildman–Crippen LogP) is 4.80. The van der Waals surface area contributed by atoms with E-state index in [2.05, 4.69) is 28.2 Å². The Kier molecular flexibility index (Phi) is 5.15. The van der Waals surface area contributed by atoms with Gasteiger partial charge in [-0.05, 0) is 48.9 Å². The first-order valence-electron chi connectivity index (χ1n) is 6.53. The number of hydrogen-bond acceptors (Lipinski definition) is 2. The highest BCUT2D eigenvalue weighted by Crippen LogP contribution is 2.30. The fourth-order valence-electron chi connectivity index (χ4n) is 1.88. The minimum absolute atomic E-state index is 0.224. The Morgan fingerprint density at radius 3 is 2.65 bits per heavy atom. The third-order valence-corrected chi connectivity index (χ3v) is 3.42. The van der Waals surface area contributed by atoms with Gasteiger partial charge in [0.1, 0.15) is 5.75 Å². The Balaban J connectivity index is 2.19. The molecule has 4 heteroatoms. The first-order valence-corrected chi connectivity index (χ1v) is 7.32. The van der Waals surface area contributed by atoms with Crippen molar-refractivity contribution in [2.45, 2.75) is 20.4 Å².